The SMILES string of the molecule is CCNS(=O)(=O)c1ccc(CCC(=O)N(Cc2ccc(Cl)cc2)[C@H](C(=O)NCc2ccc3c(c2)OCO3)c2ccccc2)cc1. The summed E-state index contributed by atoms with van der Waals surface area (Å²) in [7, 11) is -3.58. The van der Waals surface area contributed by atoms with Crippen molar-refractivity contribution in [2.45, 2.75) is 43.8 Å². The van der Waals surface area contributed by atoms with E-state index in [0.717, 1.165) is 16.7 Å². The Morgan fingerprint density at radius 2 is 1.53 bits per heavy atom. The lowest BCUT2D eigenvalue weighted by atomic mass is 10.0. The molecule has 5 rings (SSSR count). The molecule has 0 fully saturated rings. The van der Waals surface area contributed by atoms with Crippen molar-refractivity contribution in [3.63, 3.8) is 0 Å². The standard InChI is InChI=1S/C34H34ClN3O6S/c1-2-37-45(41,42)29-16-10-24(11-17-29)13-19-32(39)38(22-25-8-14-28(35)15-9-25)33(27-6-4-3-5-7-27)34(40)36-21-26-12-18-30-31(20-26)44-23-43-30/h3-12,14-18,20,33,37H,2,13,19,21-23H2,1H3,(H,36,40)/t33-/m0/s1. The molecule has 1 atom stereocenters. The van der Waals surface area contributed by atoms with Crippen LogP contribution in [0.5, 0.6) is 11.5 Å². The first-order valence-corrected chi connectivity index (χ1v) is 16.4. The number of hydrogen-bond donors (Lipinski definition) is 2. The number of nitrogens with zero attached hydrogens (tertiary/aromatic N) is 1. The molecule has 2 N–H and O–H groups in total. The van der Waals surface area contributed by atoms with Gasteiger partial charge in [-0.05, 0) is 65.1 Å². The van der Waals surface area contributed by atoms with Crippen LogP contribution in [-0.2, 0) is 39.1 Å². The van der Waals surface area contributed by atoms with Crippen molar-refractivity contribution in [1.82, 2.24) is 14.9 Å². The number of hydrogen-bond acceptors (Lipinski definition) is 6. The Morgan fingerprint density at radius 3 is 2.24 bits per heavy atom. The molecule has 0 saturated heterocycles. The molecular formula is C34H34ClN3O6S. The summed E-state index contributed by atoms with van der Waals surface area (Å²) in [6, 6.07) is 27.4. The minimum absolute atomic E-state index is 0.103. The van der Waals surface area contributed by atoms with Gasteiger partial charge in [0.05, 0.1) is 4.90 Å². The predicted octanol–water partition coefficient (Wildman–Crippen LogP) is 5.39. The van der Waals surface area contributed by atoms with Crippen molar-refractivity contribution in [3.05, 3.63) is 124 Å². The second kappa shape index (κ2) is 14.6. The lowest BCUT2D eigenvalue weighted by Gasteiger charge is -2.32. The molecule has 0 spiro atoms. The molecule has 0 saturated carbocycles. The summed E-state index contributed by atoms with van der Waals surface area (Å²) < 4.78 is 38.0. The van der Waals surface area contributed by atoms with E-state index in [9.17, 15) is 18.0 Å². The third kappa shape index (κ3) is 8.21. The van der Waals surface area contributed by atoms with Gasteiger partial charge in [0.15, 0.2) is 11.5 Å². The lowest BCUT2D eigenvalue weighted by Crippen LogP contribution is -2.43. The molecule has 1 heterocycles. The summed E-state index contributed by atoms with van der Waals surface area (Å²) in [6.07, 6.45) is 0.462. The highest BCUT2D eigenvalue weighted by molar-refractivity contribution is 7.89. The predicted molar refractivity (Wildman–Crippen MR) is 171 cm³/mol. The highest BCUT2D eigenvalue weighted by Crippen LogP contribution is 2.33. The number of carbonyl (C=O) groups excluding carboxylic acids is 2. The molecule has 1 aliphatic heterocycles. The number of amides is 2. The van der Waals surface area contributed by atoms with E-state index in [0.29, 0.717) is 28.5 Å². The van der Waals surface area contributed by atoms with Crippen molar-refractivity contribution >= 4 is 33.4 Å². The lowest BCUT2D eigenvalue weighted by molar-refractivity contribution is -0.141. The van der Waals surface area contributed by atoms with E-state index in [4.69, 9.17) is 21.1 Å². The van der Waals surface area contributed by atoms with Gasteiger partial charge in [-0.25, -0.2) is 13.1 Å². The summed E-state index contributed by atoms with van der Waals surface area (Å²) in [5.41, 5.74) is 3.11. The van der Waals surface area contributed by atoms with Crippen LogP contribution >= 0.6 is 11.6 Å². The second-order valence-corrected chi connectivity index (χ2v) is 12.7. The van der Waals surface area contributed by atoms with E-state index in [1.54, 1.807) is 42.2 Å². The van der Waals surface area contributed by atoms with Crippen molar-refractivity contribution < 1.29 is 27.5 Å². The minimum Gasteiger partial charge on any atom is -0.454 e. The zero-order chi connectivity index (χ0) is 31.8. The normalized spacial score (nSPS) is 12.8. The van der Waals surface area contributed by atoms with Crippen molar-refractivity contribution in [1.29, 1.82) is 0 Å². The van der Waals surface area contributed by atoms with Crippen LogP contribution in [0, 0.1) is 0 Å². The molecule has 9 nitrogen and oxygen atoms in total. The second-order valence-electron chi connectivity index (χ2n) is 10.5. The Bertz CT molecular complexity index is 1730. The van der Waals surface area contributed by atoms with Crippen molar-refractivity contribution in [3.8, 4) is 11.5 Å². The molecule has 0 aromatic heterocycles. The Morgan fingerprint density at radius 1 is 0.867 bits per heavy atom. The first-order valence-electron chi connectivity index (χ1n) is 14.6. The van der Waals surface area contributed by atoms with Crippen LogP contribution < -0.4 is 19.5 Å². The average Bonchev–Trinajstić information content (AvgIpc) is 3.52. The van der Waals surface area contributed by atoms with E-state index in [-0.39, 0.29) is 49.6 Å². The number of sulfonamides is 1. The first kappa shape index (κ1) is 32.0. The molecule has 4 aromatic rings. The monoisotopic (exact) mass is 647 g/mol. The summed E-state index contributed by atoms with van der Waals surface area (Å²) in [4.78, 5) is 29.7. The quantitative estimate of drug-likeness (QED) is 0.201. The summed E-state index contributed by atoms with van der Waals surface area (Å²) in [5.74, 6) is 0.703. The molecule has 234 valence electrons. The molecule has 0 radical (unpaired) electrons. The maximum Gasteiger partial charge on any atom is 0.247 e. The minimum atomic E-state index is -3.58. The molecule has 45 heavy (non-hydrogen) atoms. The van der Waals surface area contributed by atoms with Gasteiger partial charge >= 0.3 is 0 Å². The highest BCUT2D eigenvalue weighted by Gasteiger charge is 2.31. The van der Waals surface area contributed by atoms with Crippen LogP contribution in [-0.4, -0.2) is 38.5 Å². The van der Waals surface area contributed by atoms with Crippen molar-refractivity contribution in [2.24, 2.45) is 0 Å². The van der Waals surface area contributed by atoms with Gasteiger partial charge < -0.3 is 19.7 Å². The van der Waals surface area contributed by atoms with Gasteiger partial charge in [0.2, 0.25) is 28.6 Å². The molecule has 0 unspecified atom stereocenters. The molecule has 1 aliphatic rings. The van der Waals surface area contributed by atoms with E-state index in [1.807, 2.05) is 54.6 Å². The zero-order valence-corrected chi connectivity index (χ0v) is 26.3. The third-order valence-electron chi connectivity index (χ3n) is 7.36. The van der Waals surface area contributed by atoms with Gasteiger partial charge in [0.25, 0.3) is 0 Å². The Labute approximate surface area is 268 Å². The molecular weight excluding hydrogens is 614 g/mol. The van der Waals surface area contributed by atoms with Crippen LogP contribution in [0.1, 0.15) is 41.6 Å². The molecule has 4 aromatic carbocycles. The van der Waals surface area contributed by atoms with Gasteiger partial charge in [-0.3, -0.25) is 9.59 Å². The number of halogens is 1. The fourth-order valence-corrected chi connectivity index (χ4v) is 6.23. The summed E-state index contributed by atoms with van der Waals surface area (Å²) >= 11 is 6.13. The maximum atomic E-state index is 14.0. The van der Waals surface area contributed by atoms with Crippen LogP contribution in [0.2, 0.25) is 5.02 Å². The number of ether oxygens (including phenoxy) is 2. The highest BCUT2D eigenvalue weighted by atomic mass is 35.5. The Hall–Kier alpha value is -4.38. The Kier molecular flexibility index (Phi) is 10.4. The van der Waals surface area contributed by atoms with Crippen LogP contribution in [0.4, 0.5) is 0 Å². The van der Waals surface area contributed by atoms with Gasteiger partial charge in [0, 0.05) is 31.1 Å². The third-order valence-corrected chi connectivity index (χ3v) is 9.17. The zero-order valence-electron chi connectivity index (χ0n) is 24.7. The number of carbonyl (C=O) groups is 2. The van der Waals surface area contributed by atoms with E-state index >= 15 is 0 Å². The molecule has 2 amide bonds. The van der Waals surface area contributed by atoms with E-state index in [2.05, 4.69) is 10.0 Å². The number of aryl methyl sites for hydroxylation is 1. The molecule has 11 heteroatoms. The number of rotatable bonds is 13. The topological polar surface area (TPSA) is 114 Å². The van der Waals surface area contributed by atoms with E-state index < -0.39 is 16.1 Å². The van der Waals surface area contributed by atoms with Gasteiger partial charge in [-0.15, -0.1) is 0 Å². The van der Waals surface area contributed by atoms with E-state index in [1.165, 1.54) is 12.1 Å². The van der Waals surface area contributed by atoms with Gasteiger partial charge in [0.1, 0.15) is 6.04 Å². The molecule has 0 aliphatic carbocycles. The first-order chi connectivity index (χ1) is 21.7. The fourth-order valence-electron chi connectivity index (χ4n) is 5.06. The van der Waals surface area contributed by atoms with Crippen molar-refractivity contribution in [2.75, 3.05) is 13.3 Å². The van der Waals surface area contributed by atoms with Crippen LogP contribution in [0.25, 0.3) is 0 Å². The molecule has 0 bridgehead atoms. The largest absolute Gasteiger partial charge is 0.454 e. The summed E-state index contributed by atoms with van der Waals surface area (Å²) in [6.45, 7) is 2.56. The smallest absolute Gasteiger partial charge is 0.247 e. The number of benzene rings is 4. The number of nitrogens with one attached hydrogen (secondary N) is 2. The fraction of sp³-hybridized carbons (Fsp3) is 0.235. The van der Waals surface area contributed by atoms with Gasteiger partial charge in [-0.1, -0.05) is 79.2 Å². The van der Waals surface area contributed by atoms with Crippen LogP contribution in [0.15, 0.2) is 102 Å². The Balaban J connectivity index is 1.38. The maximum absolute atomic E-state index is 14.0. The van der Waals surface area contributed by atoms with Gasteiger partial charge in [-0.2, -0.15) is 0 Å². The summed E-state index contributed by atoms with van der Waals surface area (Å²) in [5, 5.41) is 3.58. The average molecular weight is 648 g/mol. The van der Waals surface area contributed by atoms with Crippen LogP contribution in [0.3, 0.4) is 0 Å². The number of fused-ring (bicyclic) bond motifs is 1.